The number of carbonyl (C=O) groups is 2. The van der Waals surface area contributed by atoms with Crippen molar-refractivity contribution in [2.24, 2.45) is 5.92 Å². The molecule has 0 saturated carbocycles. The van der Waals surface area contributed by atoms with Gasteiger partial charge >= 0.3 is 0 Å². The lowest BCUT2D eigenvalue weighted by atomic mass is 10.1. The minimum Gasteiger partial charge on any atom is -0.350 e. The van der Waals surface area contributed by atoms with E-state index in [-0.39, 0.29) is 18.0 Å². The Morgan fingerprint density at radius 3 is 2.74 bits per heavy atom. The van der Waals surface area contributed by atoms with E-state index in [0.717, 1.165) is 12.5 Å². The SMILES string of the molecule is CC(C)C[CH]NC(=O)CNC(=O)c1cccc(F)c1. The van der Waals surface area contributed by atoms with E-state index in [0.29, 0.717) is 5.92 Å². The van der Waals surface area contributed by atoms with Crippen LogP contribution in [0.4, 0.5) is 4.39 Å². The Bertz CT molecular complexity index is 447. The molecule has 0 unspecified atom stereocenters. The normalized spacial score (nSPS) is 10.3. The van der Waals surface area contributed by atoms with Crippen molar-refractivity contribution in [1.82, 2.24) is 10.6 Å². The summed E-state index contributed by atoms with van der Waals surface area (Å²) in [6.07, 6.45) is 0.767. The van der Waals surface area contributed by atoms with E-state index in [1.807, 2.05) is 13.8 Å². The van der Waals surface area contributed by atoms with Crippen LogP contribution in [-0.4, -0.2) is 18.4 Å². The zero-order valence-electron chi connectivity index (χ0n) is 11.1. The van der Waals surface area contributed by atoms with Gasteiger partial charge in [0.15, 0.2) is 0 Å². The second-order valence-electron chi connectivity index (χ2n) is 4.59. The van der Waals surface area contributed by atoms with Gasteiger partial charge in [-0.15, -0.1) is 0 Å². The van der Waals surface area contributed by atoms with Crippen LogP contribution in [0.2, 0.25) is 0 Å². The van der Waals surface area contributed by atoms with Crippen molar-refractivity contribution in [3.8, 4) is 0 Å². The molecule has 4 nitrogen and oxygen atoms in total. The summed E-state index contributed by atoms with van der Waals surface area (Å²) in [7, 11) is 0. The lowest BCUT2D eigenvalue weighted by Crippen LogP contribution is -2.36. The highest BCUT2D eigenvalue weighted by Crippen LogP contribution is 2.03. The van der Waals surface area contributed by atoms with E-state index >= 15 is 0 Å². The fourth-order valence-corrected chi connectivity index (χ4v) is 1.35. The Kier molecular flexibility index (Phi) is 5.99. The standard InChI is InChI=1S/C14H18FN2O2/c1-10(2)6-7-16-13(18)9-17-14(19)11-4-3-5-12(15)8-11/h3-5,7-8,10H,6,9H2,1-2H3,(H,16,18)(H,17,19). The molecule has 0 heterocycles. The molecule has 0 aliphatic rings. The van der Waals surface area contributed by atoms with E-state index in [1.165, 1.54) is 18.2 Å². The van der Waals surface area contributed by atoms with Gasteiger partial charge in [-0.1, -0.05) is 19.9 Å². The topological polar surface area (TPSA) is 58.2 Å². The van der Waals surface area contributed by atoms with Crippen LogP contribution < -0.4 is 10.6 Å². The quantitative estimate of drug-likeness (QED) is 0.825. The Hall–Kier alpha value is -1.91. The molecule has 0 aliphatic heterocycles. The van der Waals surface area contributed by atoms with Crippen LogP contribution in [0.15, 0.2) is 24.3 Å². The van der Waals surface area contributed by atoms with Gasteiger partial charge in [0.25, 0.3) is 5.91 Å². The molecule has 2 amide bonds. The first-order valence-corrected chi connectivity index (χ1v) is 6.14. The van der Waals surface area contributed by atoms with Crippen molar-refractivity contribution in [3.05, 3.63) is 42.2 Å². The maximum atomic E-state index is 12.9. The third kappa shape index (κ3) is 5.99. The minimum atomic E-state index is -0.484. The summed E-state index contributed by atoms with van der Waals surface area (Å²) >= 11 is 0. The van der Waals surface area contributed by atoms with E-state index in [1.54, 1.807) is 6.54 Å². The second-order valence-corrected chi connectivity index (χ2v) is 4.59. The highest BCUT2D eigenvalue weighted by molar-refractivity contribution is 5.96. The summed E-state index contributed by atoms with van der Waals surface area (Å²) < 4.78 is 12.9. The molecule has 19 heavy (non-hydrogen) atoms. The number of hydrogen-bond acceptors (Lipinski definition) is 2. The van der Waals surface area contributed by atoms with Gasteiger partial charge in [-0.3, -0.25) is 9.59 Å². The van der Waals surface area contributed by atoms with Crippen molar-refractivity contribution in [1.29, 1.82) is 0 Å². The molecular formula is C14H18FN2O2. The first-order chi connectivity index (χ1) is 8.99. The van der Waals surface area contributed by atoms with Crippen molar-refractivity contribution < 1.29 is 14.0 Å². The largest absolute Gasteiger partial charge is 0.350 e. The molecule has 2 N–H and O–H groups in total. The molecule has 0 fully saturated rings. The summed E-state index contributed by atoms with van der Waals surface area (Å²) in [6.45, 7) is 5.61. The number of hydrogen-bond donors (Lipinski definition) is 2. The van der Waals surface area contributed by atoms with Crippen molar-refractivity contribution in [3.63, 3.8) is 0 Å². The van der Waals surface area contributed by atoms with Crippen LogP contribution in [0.25, 0.3) is 0 Å². The van der Waals surface area contributed by atoms with Crippen LogP contribution in [0.1, 0.15) is 30.6 Å². The van der Waals surface area contributed by atoms with E-state index < -0.39 is 11.7 Å². The predicted octanol–water partition coefficient (Wildman–Crippen LogP) is 1.88. The molecular weight excluding hydrogens is 247 g/mol. The van der Waals surface area contributed by atoms with Crippen molar-refractivity contribution in [2.75, 3.05) is 6.54 Å². The van der Waals surface area contributed by atoms with Crippen LogP contribution in [0.3, 0.4) is 0 Å². The Balaban J connectivity index is 2.32. The van der Waals surface area contributed by atoms with Crippen LogP contribution in [0.5, 0.6) is 0 Å². The monoisotopic (exact) mass is 265 g/mol. The van der Waals surface area contributed by atoms with Crippen LogP contribution >= 0.6 is 0 Å². The van der Waals surface area contributed by atoms with Crippen molar-refractivity contribution >= 4 is 11.8 Å². The molecule has 0 aliphatic carbocycles. The lowest BCUT2D eigenvalue weighted by Gasteiger charge is -2.08. The van der Waals surface area contributed by atoms with Crippen LogP contribution in [0, 0.1) is 18.3 Å². The van der Waals surface area contributed by atoms with Gasteiger partial charge in [0.1, 0.15) is 5.82 Å². The van der Waals surface area contributed by atoms with Gasteiger partial charge in [-0.25, -0.2) is 4.39 Å². The van der Waals surface area contributed by atoms with Gasteiger partial charge in [-0.05, 0) is 30.5 Å². The third-order valence-corrected chi connectivity index (χ3v) is 2.35. The highest BCUT2D eigenvalue weighted by atomic mass is 19.1. The van der Waals surface area contributed by atoms with E-state index in [2.05, 4.69) is 10.6 Å². The molecule has 0 aromatic heterocycles. The molecule has 1 rings (SSSR count). The molecule has 1 radical (unpaired) electrons. The molecule has 0 atom stereocenters. The smallest absolute Gasteiger partial charge is 0.251 e. The maximum Gasteiger partial charge on any atom is 0.251 e. The predicted molar refractivity (Wildman–Crippen MR) is 70.6 cm³/mol. The molecule has 0 bridgehead atoms. The van der Waals surface area contributed by atoms with Gasteiger partial charge in [0.05, 0.1) is 6.54 Å². The summed E-state index contributed by atoms with van der Waals surface area (Å²) in [4.78, 5) is 23.0. The number of benzene rings is 1. The van der Waals surface area contributed by atoms with Gasteiger partial charge < -0.3 is 10.6 Å². The van der Waals surface area contributed by atoms with Crippen LogP contribution in [-0.2, 0) is 4.79 Å². The van der Waals surface area contributed by atoms with Crippen molar-refractivity contribution in [2.45, 2.75) is 20.3 Å². The molecule has 103 valence electrons. The number of amides is 2. The number of carbonyl (C=O) groups excluding carboxylic acids is 2. The lowest BCUT2D eigenvalue weighted by molar-refractivity contribution is -0.119. The zero-order valence-corrected chi connectivity index (χ0v) is 11.1. The fraction of sp³-hybridized carbons (Fsp3) is 0.357. The summed E-state index contributed by atoms with van der Waals surface area (Å²) in [5.41, 5.74) is 0.193. The second kappa shape index (κ2) is 7.51. The molecule has 1 aromatic rings. The summed E-state index contributed by atoms with van der Waals surface area (Å²) in [6, 6.07) is 5.31. The molecule has 1 aromatic carbocycles. The fourth-order valence-electron chi connectivity index (χ4n) is 1.35. The van der Waals surface area contributed by atoms with E-state index in [4.69, 9.17) is 0 Å². The Morgan fingerprint density at radius 2 is 2.11 bits per heavy atom. The first kappa shape index (κ1) is 15.1. The number of halogens is 1. The van der Waals surface area contributed by atoms with Gasteiger partial charge in [0, 0.05) is 12.1 Å². The van der Waals surface area contributed by atoms with Gasteiger partial charge in [-0.2, -0.15) is 0 Å². The van der Waals surface area contributed by atoms with E-state index in [9.17, 15) is 14.0 Å². The number of nitrogens with one attached hydrogen (secondary N) is 2. The zero-order chi connectivity index (χ0) is 14.3. The summed E-state index contributed by atoms with van der Waals surface area (Å²) in [5, 5.41) is 5.01. The molecule has 0 saturated heterocycles. The number of rotatable bonds is 6. The highest BCUT2D eigenvalue weighted by Gasteiger charge is 2.08. The Labute approximate surface area is 112 Å². The molecule has 5 heteroatoms. The third-order valence-electron chi connectivity index (χ3n) is 2.35. The van der Waals surface area contributed by atoms with Gasteiger partial charge in [0.2, 0.25) is 5.91 Å². The summed E-state index contributed by atoms with van der Waals surface area (Å²) in [5.74, 6) is -0.798. The average molecular weight is 265 g/mol. The average Bonchev–Trinajstić information content (AvgIpc) is 2.35. The maximum absolute atomic E-state index is 12.9. The first-order valence-electron chi connectivity index (χ1n) is 6.14. The minimum absolute atomic E-state index is 0.135. The Morgan fingerprint density at radius 1 is 1.37 bits per heavy atom. The molecule has 0 spiro atoms.